The third-order valence-corrected chi connectivity index (χ3v) is 5.38. The normalized spacial score (nSPS) is 11.5. The van der Waals surface area contributed by atoms with Gasteiger partial charge in [-0.1, -0.05) is 32.9 Å². The van der Waals surface area contributed by atoms with E-state index in [-0.39, 0.29) is 11.1 Å². The molecule has 3 aromatic rings. The lowest BCUT2D eigenvalue weighted by molar-refractivity contribution is -0.112. The van der Waals surface area contributed by atoms with Gasteiger partial charge in [-0.2, -0.15) is 5.26 Å². The number of nitrogens with one attached hydrogen (secondary N) is 2. The van der Waals surface area contributed by atoms with Crippen LogP contribution in [0.5, 0.6) is 0 Å². The summed E-state index contributed by atoms with van der Waals surface area (Å²) < 4.78 is 2.20. The second-order valence-corrected chi connectivity index (χ2v) is 8.47. The maximum atomic E-state index is 12.8. The molecule has 0 bridgehead atoms. The zero-order valence-corrected chi connectivity index (χ0v) is 19.7. The highest BCUT2D eigenvalue weighted by Crippen LogP contribution is 2.22. The van der Waals surface area contributed by atoms with Crippen molar-refractivity contribution in [2.45, 2.75) is 47.6 Å². The molecule has 2 N–H and O–H groups in total. The van der Waals surface area contributed by atoms with Crippen LogP contribution >= 0.6 is 0 Å². The van der Waals surface area contributed by atoms with Gasteiger partial charge in [0.25, 0.3) is 11.5 Å². The molecule has 2 aromatic heterocycles. The van der Waals surface area contributed by atoms with E-state index >= 15 is 0 Å². The van der Waals surface area contributed by atoms with Crippen LogP contribution in [-0.4, -0.2) is 20.4 Å². The topological polar surface area (TPSA) is 104 Å². The van der Waals surface area contributed by atoms with Crippen molar-refractivity contribution in [3.63, 3.8) is 0 Å². The van der Waals surface area contributed by atoms with Crippen molar-refractivity contribution < 1.29 is 4.79 Å². The van der Waals surface area contributed by atoms with Crippen molar-refractivity contribution in [3.05, 3.63) is 75.0 Å². The molecule has 0 aliphatic rings. The van der Waals surface area contributed by atoms with Gasteiger partial charge in [-0.05, 0) is 56.0 Å². The van der Waals surface area contributed by atoms with Crippen LogP contribution < -0.4 is 10.9 Å². The Balaban J connectivity index is 1.87. The van der Waals surface area contributed by atoms with Gasteiger partial charge < -0.3 is 14.9 Å². The average Bonchev–Trinajstić information content (AvgIpc) is 3.04. The first-order valence-corrected chi connectivity index (χ1v) is 11.0. The predicted octanol–water partition coefficient (Wildman–Crippen LogP) is 4.62. The number of hydrogen-bond acceptors (Lipinski definition) is 4. The molecule has 0 atom stereocenters. The average molecular weight is 444 g/mol. The summed E-state index contributed by atoms with van der Waals surface area (Å²) >= 11 is 0. The van der Waals surface area contributed by atoms with Crippen LogP contribution in [0.15, 0.2) is 46.8 Å². The third-order valence-electron chi connectivity index (χ3n) is 5.38. The van der Waals surface area contributed by atoms with Gasteiger partial charge >= 0.3 is 0 Å². The fraction of sp³-hybridized carbons (Fsp3) is 0.308. The number of aryl methyl sites for hydroxylation is 2. The number of carbonyl (C=O) groups excluding carboxylic acids is 1. The third kappa shape index (κ3) is 5.66. The van der Waals surface area contributed by atoms with Crippen LogP contribution in [0, 0.1) is 31.1 Å². The number of benzene rings is 1. The van der Waals surface area contributed by atoms with E-state index in [9.17, 15) is 14.9 Å². The summed E-state index contributed by atoms with van der Waals surface area (Å²) in [5, 5.41) is 12.4. The second kappa shape index (κ2) is 10.1. The van der Waals surface area contributed by atoms with Gasteiger partial charge in [0.1, 0.15) is 17.5 Å². The quantitative estimate of drug-likeness (QED) is 0.411. The van der Waals surface area contributed by atoms with Crippen LogP contribution in [0.1, 0.15) is 43.4 Å². The number of nitrogens with zero attached hydrogens (tertiary/aromatic N) is 3. The zero-order chi connectivity index (χ0) is 24.1. The first-order valence-electron chi connectivity index (χ1n) is 11.0. The van der Waals surface area contributed by atoms with Crippen LogP contribution in [0.25, 0.3) is 17.5 Å². The first-order chi connectivity index (χ1) is 15.7. The van der Waals surface area contributed by atoms with E-state index in [1.165, 1.54) is 6.07 Å². The highest BCUT2D eigenvalue weighted by atomic mass is 16.1. The molecule has 1 aromatic carbocycles. The summed E-state index contributed by atoms with van der Waals surface area (Å²) in [7, 11) is 0. The number of amides is 1. The van der Waals surface area contributed by atoms with Gasteiger partial charge in [-0.3, -0.25) is 9.59 Å². The van der Waals surface area contributed by atoms with E-state index in [0.717, 1.165) is 23.5 Å². The molecule has 0 radical (unpaired) electrons. The van der Waals surface area contributed by atoms with Crippen LogP contribution in [-0.2, 0) is 17.8 Å². The molecular weight excluding hydrogens is 414 g/mol. The lowest BCUT2D eigenvalue weighted by atomic mass is 10.1. The lowest BCUT2D eigenvalue weighted by Gasteiger charge is -2.12. The Hall–Kier alpha value is -3.92. The lowest BCUT2D eigenvalue weighted by Crippen LogP contribution is -2.14. The molecular formula is C26H29N5O2. The van der Waals surface area contributed by atoms with Gasteiger partial charge in [0.05, 0.1) is 0 Å². The number of H-pyrrole nitrogens is 1. The van der Waals surface area contributed by atoms with E-state index in [1.807, 2.05) is 32.9 Å². The number of anilines is 1. The predicted molar refractivity (Wildman–Crippen MR) is 131 cm³/mol. The molecule has 7 nitrogen and oxygen atoms in total. The van der Waals surface area contributed by atoms with Crippen molar-refractivity contribution in [3.8, 4) is 17.5 Å². The Labute approximate surface area is 193 Å². The number of nitriles is 1. The fourth-order valence-corrected chi connectivity index (χ4v) is 3.69. The molecule has 0 aliphatic heterocycles. The van der Waals surface area contributed by atoms with E-state index < -0.39 is 5.91 Å². The highest BCUT2D eigenvalue weighted by molar-refractivity contribution is 6.09. The number of carbonyl (C=O) groups is 1. The van der Waals surface area contributed by atoms with Crippen molar-refractivity contribution in [1.82, 2.24) is 14.5 Å². The molecule has 0 spiro atoms. The number of aromatic amines is 1. The maximum Gasteiger partial charge on any atom is 0.266 e. The van der Waals surface area contributed by atoms with Gasteiger partial charge in [0.2, 0.25) is 0 Å². The Kier molecular flexibility index (Phi) is 7.29. The number of aromatic nitrogens is 3. The SMILES string of the molecule is CCc1cc(=O)[nH]c(-c2cccc(NC(=O)C(C#N)=Cc3cc(C)n(CC(C)C)c3C)c2)n1. The second-order valence-electron chi connectivity index (χ2n) is 8.47. The summed E-state index contributed by atoms with van der Waals surface area (Å²) in [5.41, 5.74) is 4.62. The van der Waals surface area contributed by atoms with Crippen LogP contribution in [0.4, 0.5) is 5.69 Å². The Bertz CT molecular complexity index is 1300. The van der Waals surface area contributed by atoms with Crippen LogP contribution in [0.2, 0.25) is 0 Å². The fourth-order valence-electron chi connectivity index (χ4n) is 3.69. The largest absolute Gasteiger partial charge is 0.348 e. The molecule has 33 heavy (non-hydrogen) atoms. The smallest absolute Gasteiger partial charge is 0.266 e. The molecule has 3 rings (SSSR count). The van der Waals surface area contributed by atoms with Crippen molar-refractivity contribution in [2.24, 2.45) is 5.92 Å². The molecule has 0 unspecified atom stereocenters. The van der Waals surface area contributed by atoms with Crippen molar-refractivity contribution >= 4 is 17.7 Å². The van der Waals surface area contributed by atoms with Gasteiger partial charge in [-0.15, -0.1) is 0 Å². The maximum absolute atomic E-state index is 12.8. The molecule has 7 heteroatoms. The molecule has 0 aliphatic carbocycles. The molecule has 2 heterocycles. The minimum atomic E-state index is -0.493. The van der Waals surface area contributed by atoms with Crippen molar-refractivity contribution in [2.75, 3.05) is 5.32 Å². The highest BCUT2D eigenvalue weighted by Gasteiger charge is 2.14. The molecule has 0 saturated carbocycles. The van der Waals surface area contributed by atoms with Crippen molar-refractivity contribution in [1.29, 1.82) is 5.26 Å². The van der Waals surface area contributed by atoms with Gasteiger partial charge in [0.15, 0.2) is 0 Å². The summed E-state index contributed by atoms with van der Waals surface area (Å²) in [5.74, 6) is 0.427. The monoisotopic (exact) mass is 443 g/mol. The minimum absolute atomic E-state index is 0.0183. The Morgan fingerprint density at radius 2 is 2.03 bits per heavy atom. The van der Waals surface area contributed by atoms with E-state index in [2.05, 4.69) is 33.7 Å². The standard InChI is InChI=1S/C26H29N5O2/c1-6-22-13-24(32)30-25(28-22)19-8-7-9-23(12-19)29-26(33)21(14-27)11-20-10-17(4)31(18(20)5)15-16(2)3/h7-13,16H,6,15H2,1-5H3,(H,29,33)(H,28,30,32). The van der Waals surface area contributed by atoms with E-state index in [1.54, 1.807) is 30.3 Å². The van der Waals surface area contributed by atoms with Gasteiger partial charge in [0, 0.05) is 40.9 Å². The van der Waals surface area contributed by atoms with E-state index in [4.69, 9.17) is 0 Å². The molecule has 0 saturated heterocycles. The number of rotatable bonds is 7. The molecule has 170 valence electrons. The molecule has 0 fully saturated rings. The Morgan fingerprint density at radius 1 is 1.27 bits per heavy atom. The molecule has 1 amide bonds. The Morgan fingerprint density at radius 3 is 2.70 bits per heavy atom. The zero-order valence-electron chi connectivity index (χ0n) is 19.7. The number of hydrogen-bond donors (Lipinski definition) is 2. The first kappa shape index (κ1) is 23.7. The van der Waals surface area contributed by atoms with Crippen LogP contribution in [0.3, 0.4) is 0 Å². The summed E-state index contributed by atoms with van der Waals surface area (Å²) in [4.78, 5) is 31.9. The van der Waals surface area contributed by atoms with E-state index in [0.29, 0.717) is 35.1 Å². The minimum Gasteiger partial charge on any atom is -0.348 e. The van der Waals surface area contributed by atoms with Gasteiger partial charge in [-0.25, -0.2) is 4.98 Å². The summed E-state index contributed by atoms with van der Waals surface area (Å²) in [6.07, 6.45) is 2.27. The summed E-state index contributed by atoms with van der Waals surface area (Å²) in [6.45, 7) is 11.1. The summed E-state index contributed by atoms with van der Waals surface area (Å²) in [6, 6.07) is 12.5.